The average molecular weight is 306 g/mol. The second-order valence-electron chi connectivity index (χ2n) is 4.70. The van der Waals surface area contributed by atoms with Crippen molar-refractivity contribution in [3.63, 3.8) is 0 Å². The van der Waals surface area contributed by atoms with Gasteiger partial charge in [-0.1, -0.05) is 29.3 Å². The van der Waals surface area contributed by atoms with Crippen LogP contribution in [0.1, 0.15) is 18.5 Å². The van der Waals surface area contributed by atoms with E-state index in [1.165, 1.54) is 0 Å². The maximum Gasteiger partial charge on any atom is 0.0651 e. The van der Waals surface area contributed by atoms with Crippen LogP contribution in [-0.4, -0.2) is 10.2 Å². The van der Waals surface area contributed by atoms with Gasteiger partial charge in [0.1, 0.15) is 0 Å². The van der Waals surface area contributed by atoms with Crippen LogP contribution < -0.4 is 5.32 Å². The van der Waals surface area contributed by atoms with E-state index in [4.69, 9.17) is 23.2 Å². The zero-order valence-electron chi connectivity index (χ0n) is 10.8. The van der Waals surface area contributed by atoms with E-state index in [0.29, 0.717) is 10.0 Å². The number of anilines is 1. The SMILES string of the molecule is CC(Nc1ccc2[nH]ncc2c1)c1ccc(Cl)cc1Cl. The zero-order chi connectivity index (χ0) is 14.1. The molecule has 2 aromatic carbocycles. The molecule has 0 radical (unpaired) electrons. The van der Waals surface area contributed by atoms with E-state index in [2.05, 4.69) is 28.5 Å². The number of nitrogens with zero attached hydrogens (tertiary/aromatic N) is 1. The monoisotopic (exact) mass is 305 g/mol. The van der Waals surface area contributed by atoms with Gasteiger partial charge in [-0.05, 0) is 42.8 Å². The van der Waals surface area contributed by atoms with E-state index >= 15 is 0 Å². The third-order valence-electron chi connectivity index (χ3n) is 3.25. The zero-order valence-corrected chi connectivity index (χ0v) is 12.3. The van der Waals surface area contributed by atoms with Gasteiger partial charge in [-0.25, -0.2) is 0 Å². The molecule has 3 rings (SSSR count). The third kappa shape index (κ3) is 2.60. The molecule has 3 aromatic rings. The molecule has 20 heavy (non-hydrogen) atoms. The Morgan fingerprint density at radius 3 is 2.80 bits per heavy atom. The van der Waals surface area contributed by atoms with Gasteiger partial charge in [0.2, 0.25) is 0 Å². The molecule has 0 aliphatic rings. The highest BCUT2D eigenvalue weighted by Gasteiger charge is 2.10. The number of benzene rings is 2. The molecule has 0 aliphatic heterocycles. The molecule has 1 atom stereocenters. The highest BCUT2D eigenvalue weighted by molar-refractivity contribution is 6.35. The molecule has 3 nitrogen and oxygen atoms in total. The van der Waals surface area contributed by atoms with Crippen molar-refractivity contribution in [1.82, 2.24) is 10.2 Å². The van der Waals surface area contributed by atoms with Gasteiger partial charge >= 0.3 is 0 Å². The van der Waals surface area contributed by atoms with Crippen molar-refractivity contribution in [3.8, 4) is 0 Å². The lowest BCUT2D eigenvalue weighted by Crippen LogP contribution is -2.07. The van der Waals surface area contributed by atoms with Crippen LogP contribution in [0.4, 0.5) is 5.69 Å². The van der Waals surface area contributed by atoms with Crippen LogP contribution >= 0.6 is 23.2 Å². The predicted molar refractivity (Wildman–Crippen MR) is 84.6 cm³/mol. The minimum absolute atomic E-state index is 0.0871. The van der Waals surface area contributed by atoms with Gasteiger partial charge in [0, 0.05) is 27.2 Å². The van der Waals surface area contributed by atoms with E-state index in [-0.39, 0.29) is 6.04 Å². The third-order valence-corrected chi connectivity index (χ3v) is 3.81. The van der Waals surface area contributed by atoms with E-state index < -0.39 is 0 Å². The summed E-state index contributed by atoms with van der Waals surface area (Å²) in [7, 11) is 0. The lowest BCUT2D eigenvalue weighted by molar-refractivity contribution is 0.885. The Morgan fingerprint density at radius 1 is 1.15 bits per heavy atom. The van der Waals surface area contributed by atoms with Crippen LogP contribution in [0.2, 0.25) is 10.0 Å². The molecule has 1 aromatic heterocycles. The maximum atomic E-state index is 6.23. The van der Waals surface area contributed by atoms with Crippen molar-refractivity contribution in [2.75, 3.05) is 5.32 Å². The van der Waals surface area contributed by atoms with Crippen molar-refractivity contribution in [2.45, 2.75) is 13.0 Å². The molecular weight excluding hydrogens is 293 g/mol. The first-order valence-corrected chi connectivity index (χ1v) is 7.04. The number of hydrogen-bond acceptors (Lipinski definition) is 2. The fraction of sp³-hybridized carbons (Fsp3) is 0.133. The number of rotatable bonds is 3. The fourth-order valence-corrected chi connectivity index (χ4v) is 2.79. The Kier molecular flexibility index (Phi) is 3.55. The first-order chi connectivity index (χ1) is 9.63. The average Bonchev–Trinajstić information content (AvgIpc) is 2.85. The molecular formula is C15H13Cl2N3. The number of nitrogens with one attached hydrogen (secondary N) is 2. The summed E-state index contributed by atoms with van der Waals surface area (Å²) < 4.78 is 0. The van der Waals surface area contributed by atoms with Gasteiger partial charge in [-0.3, -0.25) is 5.10 Å². The summed E-state index contributed by atoms with van der Waals surface area (Å²) >= 11 is 12.1. The lowest BCUT2D eigenvalue weighted by Gasteiger charge is -2.17. The summed E-state index contributed by atoms with van der Waals surface area (Å²) in [5.41, 5.74) is 3.06. The van der Waals surface area contributed by atoms with Crippen LogP contribution in [0.15, 0.2) is 42.6 Å². The van der Waals surface area contributed by atoms with Gasteiger partial charge in [0.05, 0.1) is 11.7 Å². The van der Waals surface area contributed by atoms with Crippen molar-refractivity contribution >= 4 is 39.8 Å². The number of aromatic nitrogens is 2. The Labute approximate surface area is 126 Å². The lowest BCUT2D eigenvalue weighted by atomic mass is 10.1. The smallest absolute Gasteiger partial charge is 0.0651 e. The van der Waals surface area contributed by atoms with Gasteiger partial charge in [-0.15, -0.1) is 0 Å². The Hall–Kier alpha value is -1.71. The number of halogens is 2. The molecule has 0 spiro atoms. The molecule has 102 valence electrons. The topological polar surface area (TPSA) is 40.7 Å². The fourth-order valence-electron chi connectivity index (χ4n) is 2.21. The Balaban J connectivity index is 1.85. The van der Waals surface area contributed by atoms with Gasteiger partial charge in [0.25, 0.3) is 0 Å². The molecule has 0 bridgehead atoms. The number of hydrogen-bond donors (Lipinski definition) is 2. The standard InChI is InChI=1S/C15H13Cl2N3/c1-9(13-4-2-11(16)7-14(13)17)19-12-3-5-15-10(6-12)8-18-20-15/h2-9,19H,1H3,(H,18,20). The summed E-state index contributed by atoms with van der Waals surface area (Å²) in [6.07, 6.45) is 1.81. The van der Waals surface area contributed by atoms with Crippen LogP contribution in [-0.2, 0) is 0 Å². The molecule has 5 heteroatoms. The first-order valence-electron chi connectivity index (χ1n) is 6.28. The van der Waals surface area contributed by atoms with Crippen molar-refractivity contribution in [2.24, 2.45) is 0 Å². The molecule has 0 saturated heterocycles. The quantitative estimate of drug-likeness (QED) is 0.711. The molecule has 1 heterocycles. The summed E-state index contributed by atoms with van der Waals surface area (Å²) in [5.74, 6) is 0. The minimum Gasteiger partial charge on any atom is -0.378 e. The van der Waals surface area contributed by atoms with Gasteiger partial charge < -0.3 is 5.32 Å². The second kappa shape index (κ2) is 5.35. The molecule has 0 aliphatic carbocycles. The second-order valence-corrected chi connectivity index (χ2v) is 5.55. The minimum atomic E-state index is 0.0871. The summed E-state index contributed by atoms with van der Waals surface area (Å²) in [4.78, 5) is 0. The Bertz CT molecular complexity index is 752. The van der Waals surface area contributed by atoms with Crippen LogP contribution in [0, 0.1) is 0 Å². The highest BCUT2D eigenvalue weighted by atomic mass is 35.5. The summed E-state index contributed by atoms with van der Waals surface area (Å²) in [6, 6.07) is 11.7. The van der Waals surface area contributed by atoms with Crippen LogP contribution in [0.5, 0.6) is 0 Å². The molecule has 0 fully saturated rings. The Morgan fingerprint density at radius 2 is 2.00 bits per heavy atom. The van der Waals surface area contributed by atoms with E-state index in [1.54, 1.807) is 12.3 Å². The van der Waals surface area contributed by atoms with Crippen molar-refractivity contribution in [1.29, 1.82) is 0 Å². The first kappa shape index (κ1) is 13.3. The largest absolute Gasteiger partial charge is 0.378 e. The highest BCUT2D eigenvalue weighted by Crippen LogP contribution is 2.29. The van der Waals surface area contributed by atoms with Crippen molar-refractivity contribution < 1.29 is 0 Å². The number of aromatic amines is 1. The predicted octanol–water partition coefficient (Wildman–Crippen LogP) is 5.04. The normalized spacial score (nSPS) is 12.6. The van der Waals surface area contributed by atoms with E-state index in [1.807, 2.05) is 24.3 Å². The summed E-state index contributed by atoms with van der Waals surface area (Å²) in [6.45, 7) is 2.06. The van der Waals surface area contributed by atoms with Crippen molar-refractivity contribution in [3.05, 3.63) is 58.2 Å². The van der Waals surface area contributed by atoms with Gasteiger partial charge in [-0.2, -0.15) is 5.10 Å². The molecule has 0 amide bonds. The maximum absolute atomic E-state index is 6.23. The summed E-state index contributed by atoms with van der Waals surface area (Å²) in [5, 5.41) is 12.8. The van der Waals surface area contributed by atoms with E-state index in [0.717, 1.165) is 22.2 Å². The van der Waals surface area contributed by atoms with E-state index in [9.17, 15) is 0 Å². The number of fused-ring (bicyclic) bond motifs is 1. The van der Waals surface area contributed by atoms with Gasteiger partial charge in [0.15, 0.2) is 0 Å². The molecule has 2 N–H and O–H groups in total. The molecule has 1 unspecified atom stereocenters. The number of H-pyrrole nitrogens is 1. The van der Waals surface area contributed by atoms with Crippen LogP contribution in [0.3, 0.4) is 0 Å². The van der Waals surface area contributed by atoms with Crippen LogP contribution in [0.25, 0.3) is 10.9 Å². The molecule has 0 saturated carbocycles.